The lowest BCUT2D eigenvalue weighted by Gasteiger charge is -2.26. The SMILES string of the molecule is Cc1cc(C)c2nc(C3CC3)n(Cc3ccc(C4(C(=O)NS(C)(=O)=O)CC=CC4)s3)c2n1. The third kappa shape index (κ3) is 3.77. The maximum atomic E-state index is 13.0. The van der Waals surface area contributed by atoms with Crippen molar-refractivity contribution in [1.29, 1.82) is 0 Å². The largest absolute Gasteiger partial charge is 0.307 e. The summed E-state index contributed by atoms with van der Waals surface area (Å²) in [6.45, 7) is 4.71. The van der Waals surface area contributed by atoms with Crippen molar-refractivity contribution in [3.05, 3.63) is 57.2 Å². The van der Waals surface area contributed by atoms with E-state index in [9.17, 15) is 13.2 Å². The van der Waals surface area contributed by atoms with Gasteiger partial charge in [0.25, 0.3) is 0 Å². The van der Waals surface area contributed by atoms with E-state index in [0.29, 0.717) is 25.3 Å². The zero-order chi connectivity index (χ0) is 22.7. The minimum absolute atomic E-state index is 0.460. The Kier molecular flexibility index (Phi) is 5.01. The lowest BCUT2D eigenvalue weighted by molar-refractivity contribution is -0.124. The second-order valence-electron chi connectivity index (χ2n) is 9.01. The van der Waals surface area contributed by atoms with Gasteiger partial charge >= 0.3 is 0 Å². The number of nitrogens with zero attached hydrogens (tertiary/aromatic N) is 3. The fraction of sp³-hybridized carbons (Fsp3) is 0.435. The number of carbonyl (C=O) groups excluding carboxylic acids is 1. The fourth-order valence-electron chi connectivity index (χ4n) is 4.52. The fourth-order valence-corrected chi connectivity index (χ4v) is 6.26. The van der Waals surface area contributed by atoms with Crippen LogP contribution in [0.15, 0.2) is 30.4 Å². The summed E-state index contributed by atoms with van der Waals surface area (Å²) in [5.74, 6) is 1.11. The number of pyridine rings is 1. The summed E-state index contributed by atoms with van der Waals surface area (Å²) in [7, 11) is -3.63. The summed E-state index contributed by atoms with van der Waals surface area (Å²) in [6, 6.07) is 6.07. The van der Waals surface area contributed by atoms with Gasteiger partial charge in [0.15, 0.2) is 5.65 Å². The number of allylic oxidation sites excluding steroid dienone is 2. The summed E-state index contributed by atoms with van der Waals surface area (Å²) in [5.41, 5.74) is 3.10. The summed E-state index contributed by atoms with van der Waals surface area (Å²) in [6.07, 6.45) is 8.21. The van der Waals surface area contributed by atoms with Crippen molar-refractivity contribution in [2.45, 2.75) is 57.4 Å². The Bertz CT molecular complexity index is 1360. The third-order valence-corrected chi connectivity index (χ3v) is 8.08. The minimum atomic E-state index is -3.63. The molecule has 0 bridgehead atoms. The van der Waals surface area contributed by atoms with Gasteiger partial charge in [-0.15, -0.1) is 11.3 Å². The molecule has 0 saturated heterocycles. The first-order valence-corrected chi connectivity index (χ1v) is 13.5. The van der Waals surface area contributed by atoms with Crippen LogP contribution in [0, 0.1) is 13.8 Å². The molecular formula is C23H26N4O3S2. The van der Waals surface area contributed by atoms with Crippen molar-refractivity contribution >= 4 is 38.4 Å². The number of thiophene rings is 1. The number of hydrogen-bond donors (Lipinski definition) is 1. The number of amides is 1. The highest BCUT2D eigenvalue weighted by atomic mass is 32.2. The smallest absolute Gasteiger partial charge is 0.245 e. The monoisotopic (exact) mass is 470 g/mol. The molecule has 2 aliphatic rings. The summed E-state index contributed by atoms with van der Waals surface area (Å²) in [4.78, 5) is 24.7. The van der Waals surface area contributed by atoms with E-state index >= 15 is 0 Å². The molecule has 0 unspecified atom stereocenters. The van der Waals surface area contributed by atoms with Crippen molar-refractivity contribution in [3.63, 3.8) is 0 Å². The van der Waals surface area contributed by atoms with Crippen molar-refractivity contribution in [3.8, 4) is 0 Å². The summed E-state index contributed by atoms with van der Waals surface area (Å²) < 4.78 is 27.8. The number of hydrogen-bond acceptors (Lipinski definition) is 6. The van der Waals surface area contributed by atoms with E-state index in [-0.39, 0.29) is 0 Å². The van der Waals surface area contributed by atoms with Crippen LogP contribution in [0.1, 0.15) is 58.4 Å². The molecule has 5 rings (SSSR count). The van der Waals surface area contributed by atoms with Crippen LogP contribution in [0.5, 0.6) is 0 Å². The molecule has 9 heteroatoms. The van der Waals surface area contributed by atoms with Crippen LogP contribution >= 0.6 is 11.3 Å². The van der Waals surface area contributed by atoms with Crippen molar-refractivity contribution in [1.82, 2.24) is 19.3 Å². The normalized spacial score (nSPS) is 17.8. The Hall–Kier alpha value is -2.52. The number of sulfonamides is 1. The highest BCUT2D eigenvalue weighted by molar-refractivity contribution is 7.89. The van der Waals surface area contributed by atoms with Gasteiger partial charge < -0.3 is 4.57 Å². The summed E-state index contributed by atoms with van der Waals surface area (Å²) >= 11 is 1.57. The first kappa shape index (κ1) is 21.3. The average molecular weight is 471 g/mol. The molecule has 0 aromatic carbocycles. The van der Waals surface area contributed by atoms with E-state index in [2.05, 4.69) is 22.3 Å². The Morgan fingerprint density at radius 3 is 2.59 bits per heavy atom. The first-order chi connectivity index (χ1) is 15.2. The average Bonchev–Trinajstić information content (AvgIpc) is 3.11. The topological polar surface area (TPSA) is 94.0 Å². The van der Waals surface area contributed by atoms with Crippen molar-refractivity contribution < 1.29 is 13.2 Å². The molecule has 32 heavy (non-hydrogen) atoms. The predicted molar refractivity (Wildman–Crippen MR) is 125 cm³/mol. The number of imidazole rings is 1. The lowest BCUT2D eigenvalue weighted by Crippen LogP contribution is -2.44. The molecule has 3 aromatic rings. The molecule has 3 heterocycles. The highest BCUT2D eigenvalue weighted by Crippen LogP contribution is 2.43. The first-order valence-electron chi connectivity index (χ1n) is 10.8. The van der Waals surface area contributed by atoms with E-state index in [1.165, 1.54) is 0 Å². The molecule has 2 aliphatic carbocycles. The van der Waals surface area contributed by atoms with Crippen LogP contribution in [-0.2, 0) is 26.8 Å². The summed E-state index contributed by atoms with van der Waals surface area (Å²) in [5, 5.41) is 0. The molecule has 1 amide bonds. The second kappa shape index (κ2) is 7.52. The zero-order valence-corrected chi connectivity index (χ0v) is 20.0. The molecule has 168 valence electrons. The molecule has 0 spiro atoms. The Morgan fingerprint density at radius 1 is 1.22 bits per heavy atom. The molecule has 1 N–H and O–H groups in total. The predicted octanol–water partition coefficient (Wildman–Crippen LogP) is 3.70. The third-order valence-electron chi connectivity index (χ3n) is 6.25. The van der Waals surface area contributed by atoms with E-state index in [0.717, 1.165) is 57.1 Å². The van der Waals surface area contributed by atoms with Crippen LogP contribution in [-0.4, -0.2) is 35.1 Å². The van der Waals surface area contributed by atoms with Gasteiger partial charge in [0, 0.05) is 21.4 Å². The maximum absolute atomic E-state index is 13.0. The van der Waals surface area contributed by atoms with Gasteiger partial charge in [-0.05, 0) is 63.3 Å². The standard InChI is InChI=1S/C23H26N4O3S2/c1-14-12-15(2)24-21-19(14)25-20(16-6-7-16)27(21)13-17-8-9-18(31-17)23(10-4-5-11-23)22(28)26-32(3,29)30/h4-5,8-9,12,16H,6-7,10-11,13H2,1-3H3,(H,26,28). The Morgan fingerprint density at radius 2 is 1.94 bits per heavy atom. The van der Waals surface area contributed by atoms with Crippen molar-refractivity contribution in [2.24, 2.45) is 0 Å². The van der Waals surface area contributed by atoms with Gasteiger partial charge in [-0.1, -0.05) is 12.2 Å². The number of aromatic nitrogens is 3. The molecule has 1 saturated carbocycles. The van der Waals surface area contributed by atoms with E-state index < -0.39 is 21.3 Å². The molecule has 0 aliphatic heterocycles. The quantitative estimate of drug-likeness (QED) is 0.555. The number of carbonyl (C=O) groups is 1. The number of fused-ring (bicyclic) bond motifs is 1. The molecule has 7 nitrogen and oxygen atoms in total. The van der Waals surface area contributed by atoms with Gasteiger partial charge in [0.05, 0.1) is 18.2 Å². The van der Waals surface area contributed by atoms with Gasteiger partial charge in [0.2, 0.25) is 15.9 Å². The van der Waals surface area contributed by atoms with Crippen LogP contribution < -0.4 is 4.72 Å². The molecule has 3 aromatic heterocycles. The van der Waals surface area contributed by atoms with Crippen LogP contribution in [0.4, 0.5) is 0 Å². The van der Waals surface area contributed by atoms with Crippen LogP contribution in [0.2, 0.25) is 0 Å². The van der Waals surface area contributed by atoms with Gasteiger partial charge in [-0.2, -0.15) is 0 Å². The zero-order valence-electron chi connectivity index (χ0n) is 18.4. The number of rotatable bonds is 6. The second-order valence-corrected chi connectivity index (χ2v) is 11.9. The van der Waals surface area contributed by atoms with E-state index in [1.807, 2.05) is 31.2 Å². The van der Waals surface area contributed by atoms with Crippen molar-refractivity contribution in [2.75, 3.05) is 6.26 Å². The van der Waals surface area contributed by atoms with Gasteiger partial charge in [0.1, 0.15) is 11.3 Å². The van der Waals surface area contributed by atoms with Gasteiger partial charge in [-0.25, -0.2) is 18.4 Å². The lowest BCUT2D eigenvalue weighted by atomic mass is 9.83. The van der Waals surface area contributed by atoms with E-state index in [4.69, 9.17) is 9.97 Å². The molecule has 0 atom stereocenters. The Labute approximate surface area is 191 Å². The van der Waals surface area contributed by atoms with Crippen LogP contribution in [0.25, 0.3) is 11.2 Å². The maximum Gasteiger partial charge on any atom is 0.245 e. The van der Waals surface area contributed by atoms with E-state index in [1.54, 1.807) is 11.3 Å². The Balaban J connectivity index is 1.51. The molecular weight excluding hydrogens is 444 g/mol. The number of nitrogens with one attached hydrogen (secondary N) is 1. The number of aryl methyl sites for hydroxylation is 2. The molecule has 0 radical (unpaired) electrons. The highest BCUT2D eigenvalue weighted by Gasteiger charge is 2.43. The minimum Gasteiger partial charge on any atom is -0.307 e. The van der Waals surface area contributed by atoms with Gasteiger partial charge in [-0.3, -0.25) is 9.52 Å². The molecule has 1 fully saturated rings. The van der Waals surface area contributed by atoms with Crippen LogP contribution in [0.3, 0.4) is 0 Å².